The zero-order valence-corrected chi connectivity index (χ0v) is 10.3. The van der Waals surface area contributed by atoms with Gasteiger partial charge in [-0.1, -0.05) is 11.3 Å². The van der Waals surface area contributed by atoms with Crippen molar-refractivity contribution in [3.05, 3.63) is 10.6 Å². The Balaban J connectivity index is 2.04. The molecule has 1 aliphatic rings. The van der Waals surface area contributed by atoms with Crippen LogP contribution in [0.1, 0.15) is 17.5 Å². The maximum absolute atomic E-state index is 11.2. The standard InChI is InChI=1S/C10H15N3O2S/c1-3-15-10(14)12-9-11-7-4-5-13(2)6-8(7)16-9/h3-6H2,1-2H3,(H,11,12,14). The summed E-state index contributed by atoms with van der Waals surface area (Å²) in [5.74, 6) is 0. The molecule has 16 heavy (non-hydrogen) atoms. The number of nitrogens with one attached hydrogen (secondary N) is 1. The summed E-state index contributed by atoms with van der Waals surface area (Å²) in [7, 11) is 2.08. The minimum absolute atomic E-state index is 0.375. The molecule has 1 aliphatic heterocycles. The summed E-state index contributed by atoms with van der Waals surface area (Å²) in [5, 5.41) is 3.28. The van der Waals surface area contributed by atoms with Gasteiger partial charge in [-0.3, -0.25) is 5.32 Å². The highest BCUT2D eigenvalue weighted by molar-refractivity contribution is 7.15. The van der Waals surface area contributed by atoms with Crippen LogP contribution in [0.5, 0.6) is 0 Å². The van der Waals surface area contributed by atoms with E-state index in [9.17, 15) is 4.79 Å². The summed E-state index contributed by atoms with van der Waals surface area (Å²) in [5.41, 5.74) is 1.11. The van der Waals surface area contributed by atoms with E-state index in [1.54, 1.807) is 6.92 Å². The first-order chi connectivity index (χ1) is 7.69. The Morgan fingerprint density at radius 3 is 3.25 bits per heavy atom. The number of ether oxygens (including phenoxy) is 1. The largest absolute Gasteiger partial charge is 0.450 e. The second kappa shape index (κ2) is 4.80. The van der Waals surface area contributed by atoms with Crippen molar-refractivity contribution in [2.45, 2.75) is 19.9 Å². The number of hydrogen-bond acceptors (Lipinski definition) is 5. The van der Waals surface area contributed by atoms with Crippen LogP contribution < -0.4 is 5.32 Å². The second-order valence-electron chi connectivity index (χ2n) is 3.72. The molecule has 1 aromatic rings. The zero-order valence-electron chi connectivity index (χ0n) is 9.45. The van der Waals surface area contributed by atoms with Crippen LogP contribution in [-0.4, -0.2) is 36.2 Å². The Hall–Kier alpha value is -1.14. The van der Waals surface area contributed by atoms with Gasteiger partial charge < -0.3 is 9.64 Å². The molecule has 0 fully saturated rings. The Kier molecular flexibility index (Phi) is 3.40. The van der Waals surface area contributed by atoms with E-state index in [4.69, 9.17) is 4.74 Å². The first-order valence-corrected chi connectivity index (χ1v) is 6.11. The minimum Gasteiger partial charge on any atom is -0.450 e. The highest BCUT2D eigenvalue weighted by atomic mass is 32.1. The first-order valence-electron chi connectivity index (χ1n) is 5.30. The number of carbonyl (C=O) groups is 1. The van der Waals surface area contributed by atoms with Gasteiger partial charge in [-0.25, -0.2) is 9.78 Å². The number of hydrogen-bond donors (Lipinski definition) is 1. The number of rotatable bonds is 2. The molecule has 1 N–H and O–H groups in total. The van der Waals surface area contributed by atoms with Gasteiger partial charge >= 0.3 is 6.09 Å². The van der Waals surface area contributed by atoms with Gasteiger partial charge in [-0.05, 0) is 14.0 Å². The van der Waals surface area contributed by atoms with Gasteiger partial charge in [-0.2, -0.15) is 0 Å². The van der Waals surface area contributed by atoms with Crippen molar-refractivity contribution in [3.8, 4) is 0 Å². The van der Waals surface area contributed by atoms with E-state index in [1.165, 1.54) is 16.2 Å². The molecule has 0 saturated carbocycles. The molecule has 1 amide bonds. The SMILES string of the molecule is CCOC(=O)Nc1nc2c(s1)CN(C)CC2. The number of likely N-dealkylation sites (N-methyl/N-ethyl adjacent to an activating group) is 1. The van der Waals surface area contributed by atoms with Crippen molar-refractivity contribution in [2.75, 3.05) is 25.5 Å². The van der Waals surface area contributed by atoms with E-state index in [0.717, 1.165) is 25.2 Å². The Morgan fingerprint density at radius 1 is 1.69 bits per heavy atom. The highest BCUT2D eigenvalue weighted by Gasteiger charge is 2.19. The second-order valence-corrected chi connectivity index (χ2v) is 4.81. The summed E-state index contributed by atoms with van der Waals surface area (Å²) < 4.78 is 4.81. The highest BCUT2D eigenvalue weighted by Crippen LogP contribution is 2.27. The maximum Gasteiger partial charge on any atom is 0.413 e. The number of aromatic nitrogens is 1. The van der Waals surface area contributed by atoms with Gasteiger partial charge in [0.1, 0.15) is 0 Å². The van der Waals surface area contributed by atoms with Gasteiger partial charge in [0.2, 0.25) is 0 Å². The number of fused-ring (bicyclic) bond motifs is 1. The lowest BCUT2D eigenvalue weighted by molar-refractivity contribution is 0.168. The Morgan fingerprint density at radius 2 is 2.50 bits per heavy atom. The lowest BCUT2D eigenvalue weighted by Gasteiger charge is -2.20. The van der Waals surface area contributed by atoms with E-state index in [2.05, 4.69) is 22.2 Å². The fourth-order valence-electron chi connectivity index (χ4n) is 1.63. The third-order valence-electron chi connectivity index (χ3n) is 2.41. The van der Waals surface area contributed by atoms with Gasteiger partial charge in [0.15, 0.2) is 5.13 Å². The van der Waals surface area contributed by atoms with Crippen LogP contribution >= 0.6 is 11.3 Å². The summed E-state index contributed by atoms with van der Waals surface area (Å²) in [6.45, 7) is 4.09. The van der Waals surface area contributed by atoms with Crippen molar-refractivity contribution in [1.29, 1.82) is 0 Å². The summed E-state index contributed by atoms with van der Waals surface area (Å²) in [6.07, 6.45) is 0.522. The van der Waals surface area contributed by atoms with Crippen molar-refractivity contribution in [1.82, 2.24) is 9.88 Å². The molecule has 0 saturated heterocycles. The predicted octanol–water partition coefficient (Wildman–Crippen LogP) is 1.70. The van der Waals surface area contributed by atoms with E-state index >= 15 is 0 Å². The number of amides is 1. The van der Waals surface area contributed by atoms with Gasteiger partial charge in [0.25, 0.3) is 0 Å². The third kappa shape index (κ3) is 2.51. The average molecular weight is 241 g/mol. The Labute approximate surface area is 98.4 Å². The molecular weight excluding hydrogens is 226 g/mol. The lowest BCUT2D eigenvalue weighted by Crippen LogP contribution is -2.25. The third-order valence-corrected chi connectivity index (χ3v) is 3.40. The number of carbonyl (C=O) groups excluding carboxylic acids is 1. The van der Waals surface area contributed by atoms with Crippen LogP contribution in [0, 0.1) is 0 Å². The minimum atomic E-state index is -0.429. The fraction of sp³-hybridized carbons (Fsp3) is 0.600. The van der Waals surface area contributed by atoms with E-state index in [1.807, 2.05) is 0 Å². The van der Waals surface area contributed by atoms with Crippen LogP contribution in [0.2, 0.25) is 0 Å². The summed E-state index contributed by atoms with van der Waals surface area (Å²) in [6, 6.07) is 0. The molecule has 2 rings (SSSR count). The van der Waals surface area contributed by atoms with Gasteiger partial charge in [-0.15, -0.1) is 0 Å². The van der Waals surface area contributed by atoms with Crippen molar-refractivity contribution >= 4 is 22.6 Å². The maximum atomic E-state index is 11.2. The molecule has 0 atom stereocenters. The molecular formula is C10H15N3O2S. The topological polar surface area (TPSA) is 54.5 Å². The van der Waals surface area contributed by atoms with Crippen molar-refractivity contribution < 1.29 is 9.53 Å². The van der Waals surface area contributed by atoms with Gasteiger partial charge in [0.05, 0.1) is 12.3 Å². The van der Waals surface area contributed by atoms with E-state index < -0.39 is 6.09 Å². The average Bonchev–Trinajstić information content (AvgIpc) is 2.59. The number of nitrogens with zero attached hydrogens (tertiary/aromatic N) is 2. The van der Waals surface area contributed by atoms with Crippen LogP contribution in [0.3, 0.4) is 0 Å². The monoisotopic (exact) mass is 241 g/mol. The number of thiazole rings is 1. The van der Waals surface area contributed by atoms with Crippen LogP contribution in [-0.2, 0) is 17.7 Å². The Bertz CT molecular complexity index is 391. The quantitative estimate of drug-likeness (QED) is 0.856. The first kappa shape index (κ1) is 11.3. The molecule has 0 bridgehead atoms. The summed E-state index contributed by atoms with van der Waals surface area (Å²) in [4.78, 5) is 19.1. The lowest BCUT2D eigenvalue weighted by atomic mass is 10.2. The van der Waals surface area contributed by atoms with E-state index in [-0.39, 0.29) is 0 Å². The molecule has 0 aromatic carbocycles. The smallest absolute Gasteiger partial charge is 0.413 e. The molecule has 0 unspecified atom stereocenters. The summed E-state index contributed by atoms with van der Waals surface area (Å²) >= 11 is 1.53. The van der Waals surface area contributed by atoms with Crippen LogP contribution in [0.15, 0.2) is 0 Å². The van der Waals surface area contributed by atoms with Crippen LogP contribution in [0.25, 0.3) is 0 Å². The molecule has 1 aromatic heterocycles. The molecule has 88 valence electrons. The zero-order chi connectivity index (χ0) is 11.5. The normalized spacial score (nSPS) is 15.6. The molecule has 0 aliphatic carbocycles. The molecule has 0 radical (unpaired) electrons. The predicted molar refractivity (Wildman–Crippen MR) is 62.8 cm³/mol. The van der Waals surface area contributed by atoms with Gasteiger partial charge in [0, 0.05) is 24.4 Å². The molecule has 2 heterocycles. The molecule has 0 spiro atoms. The van der Waals surface area contributed by atoms with E-state index in [0.29, 0.717) is 11.7 Å². The molecule has 6 heteroatoms. The molecule has 5 nitrogen and oxygen atoms in total. The fourth-order valence-corrected chi connectivity index (χ4v) is 2.71. The van der Waals surface area contributed by atoms with Crippen LogP contribution in [0.4, 0.5) is 9.93 Å². The van der Waals surface area contributed by atoms with Crippen molar-refractivity contribution in [2.24, 2.45) is 0 Å². The van der Waals surface area contributed by atoms with Crippen molar-refractivity contribution in [3.63, 3.8) is 0 Å². The number of anilines is 1.